The largest absolute Gasteiger partial charge is 0.368 e. The van der Waals surface area contributed by atoms with Crippen molar-refractivity contribution in [3.8, 4) is 0 Å². The van der Waals surface area contributed by atoms with E-state index in [4.69, 9.17) is 0 Å². The molecular weight excluding hydrogens is 1430 g/mol. The predicted octanol–water partition coefficient (Wildman–Crippen LogP) is 28.3. The van der Waals surface area contributed by atoms with Crippen LogP contribution in [0.1, 0.15) is 265 Å². The van der Waals surface area contributed by atoms with Gasteiger partial charge in [-0.05, 0) is 179 Å². The number of aromatic amines is 1. The maximum absolute atomic E-state index is 4.54. The molecule has 1 aliphatic carbocycles. The third-order valence-electron chi connectivity index (χ3n) is 19.1. The van der Waals surface area contributed by atoms with Gasteiger partial charge < -0.3 is 14.7 Å². The number of fused-ring (bicyclic) bond motifs is 8. The number of nitrogens with zero attached hydrogens (tertiary/aromatic N) is 12. The molecule has 2 unspecified atom stereocenters. The number of rotatable bonds is 0. The summed E-state index contributed by atoms with van der Waals surface area (Å²) in [6, 6.07) is 53.6. The molecule has 117 heavy (non-hydrogen) atoms. The molecule has 5 aromatic carbocycles. The zero-order valence-corrected chi connectivity index (χ0v) is 69.1. The molecular formula is C103H148N14. The molecule has 0 fully saturated rings. The molecule has 14 nitrogen and oxygen atoms in total. The molecule has 14 heteroatoms. The average Bonchev–Trinajstić information content (AvgIpc) is 1.37. The first kappa shape index (κ1) is 104. The SMILES string of the molecule is C.C.C.C.C.C.C.C.CC(C)(C)C1=CC2NC=NC2C=C1.CC(C)(C)c1ccc2cc[nH]c2c1.CC(C)(C)c1ccc2cccnc2n1.CC(C)(C)c1ccc2ccnnc2c1.CC(C)(C)c1ccc2cncnc2c1.CC(C)(C)c1ccc2cnncc2c1.CC(C)(C)c1ccc2nccnc2c1.CC(C)(C)c1ccn2cccc2c1. The van der Waals surface area contributed by atoms with Gasteiger partial charge in [0.25, 0.3) is 0 Å². The molecule has 2 aliphatic rings. The van der Waals surface area contributed by atoms with Crippen molar-refractivity contribution < 1.29 is 0 Å². The summed E-state index contributed by atoms with van der Waals surface area (Å²) in [5.74, 6) is 0. The normalized spacial score (nSPS) is 13.3. The molecule has 0 amide bonds. The van der Waals surface area contributed by atoms with Gasteiger partial charge >= 0.3 is 0 Å². The summed E-state index contributed by atoms with van der Waals surface area (Å²) in [4.78, 5) is 33.1. The smallest absolute Gasteiger partial charge is 0.159 e. The molecule has 2 atom stereocenters. The van der Waals surface area contributed by atoms with Gasteiger partial charge in [0.2, 0.25) is 0 Å². The summed E-state index contributed by atoms with van der Waals surface area (Å²) >= 11 is 0. The van der Waals surface area contributed by atoms with Crippen molar-refractivity contribution in [1.29, 1.82) is 0 Å². The van der Waals surface area contributed by atoms with Gasteiger partial charge in [-0.2, -0.15) is 20.4 Å². The fourth-order valence-electron chi connectivity index (χ4n) is 11.8. The van der Waals surface area contributed by atoms with Crippen molar-refractivity contribution >= 4 is 77.4 Å². The standard InChI is InChI=1S/5C12H14N2.2C12H15N.C11H16N2.8CH4/c1-12(2,3)11-5-4-9-7-13-14-8-10(9)6-11;1-12(2,3)10-5-4-9-7-13-8-14-11(9)6-10;1-12(2,3)9-4-5-10-11(8-9)14-7-6-13-10;1-12(2,3)10-5-4-9-6-7-13-14-11(9)8-10;1-12(2,3)10-7-6-9-5-4-8-13-11(9)14-10;1-12(2,3)10-5-4-9-6-7-13-11(9)8-10;1-12(2,3)10-6-8-13-7-4-5-11(13)9-10;1-11(2,3)8-4-5-9-10(6-8)13-7-12-9;;;;;;;;/h5*4-8H,1-3H3;4-8,13H,1-3H3;4-9H,1-3H3;4-7,9-10H,1-3H3,(H,12,13);8*1H4. The minimum atomic E-state index is 0. The maximum atomic E-state index is 4.54. The molecule has 630 valence electrons. The second-order valence-electron chi connectivity index (χ2n) is 36.4. The van der Waals surface area contributed by atoms with Crippen molar-refractivity contribution in [3.63, 3.8) is 0 Å². The van der Waals surface area contributed by atoms with Crippen molar-refractivity contribution in [1.82, 2.24) is 65.0 Å². The number of aliphatic imine (C=N–C) groups is 1. The summed E-state index contributed by atoms with van der Waals surface area (Å²) in [7, 11) is 0. The topological polar surface area (TPSA) is 173 Å². The Kier molecular flexibility index (Phi) is 38.7. The van der Waals surface area contributed by atoms with Gasteiger partial charge in [-0.15, -0.1) is 0 Å². The summed E-state index contributed by atoms with van der Waals surface area (Å²) in [6.45, 7) is 53.0. The van der Waals surface area contributed by atoms with Crippen molar-refractivity contribution in [3.05, 3.63) is 283 Å². The van der Waals surface area contributed by atoms with E-state index in [1.54, 1.807) is 37.3 Å². The van der Waals surface area contributed by atoms with E-state index >= 15 is 0 Å². The van der Waals surface area contributed by atoms with Crippen LogP contribution in [0.15, 0.2) is 249 Å². The van der Waals surface area contributed by atoms with Gasteiger partial charge in [-0.3, -0.25) is 15.0 Å². The van der Waals surface area contributed by atoms with Crippen LogP contribution in [0.4, 0.5) is 0 Å². The monoisotopic (exact) mass is 1580 g/mol. The molecule has 0 saturated heterocycles. The molecule has 2 N–H and O–H groups in total. The van der Waals surface area contributed by atoms with Crippen LogP contribution in [-0.4, -0.2) is 78.1 Å². The van der Waals surface area contributed by atoms with Crippen molar-refractivity contribution in [2.45, 2.75) is 276 Å². The highest BCUT2D eigenvalue weighted by Gasteiger charge is 2.27. The molecule has 0 radical (unpaired) electrons. The lowest BCUT2D eigenvalue weighted by Gasteiger charge is -2.26. The van der Waals surface area contributed by atoms with Gasteiger partial charge in [-0.1, -0.05) is 298 Å². The van der Waals surface area contributed by atoms with Crippen molar-refractivity contribution in [2.75, 3.05) is 0 Å². The van der Waals surface area contributed by atoms with Crippen LogP contribution in [0, 0.1) is 5.41 Å². The van der Waals surface area contributed by atoms with E-state index in [-0.39, 0.29) is 103 Å². The lowest BCUT2D eigenvalue weighted by atomic mass is 9.82. The quantitative estimate of drug-likeness (QED) is 0.148. The van der Waals surface area contributed by atoms with E-state index in [1.807, 2.05) is 49.2 Å². The van der Waals surface area contributed by atoms with Crippen LogP contribution >= 0.6 is 0 Å². The van der Waals surface area contributed by atoms with E-state index < -0.39 is 0 Å². The average molecular weight is 1580 g/mol. The Hall–Kier alpha value is -10.7. The van der Waals surface area contributed by atoms with E-state index in [0.717, 1.165) is 60.3 Å². The van der Waals surface area contributed by atoms with Gasteiger partial charge in [0.05, 0.1) is 59.1 Å². The first-order chi connectivity index (χ1) is 51.1. The van der Waals surface area contributed by atoms with Gasteiger partial charge in [-0.25, -0.2) is 19.9 Å². The summed E-state index contributed by atoms with van der Waals surface area (Å²) < 4.78 is 2.13. The second-order valence-corrected chi connectivity index (χ2v) is 36.4. The van der Waals surface area contributed by atoms with Crippen LogP contribution in [0.2, 0.25) is 0 Å². The van der Waals surface area contributed by atoms with E-state index in [2.05, 4.69) is 394 Å². The first-order valence-corrected chi connectivity index (χ1v) is 38.0. The third-order valence-corrected chi connectivity index (χ3v) is 19.1. The Morgan fingerprint density at radius 1 is 0.359 bits per heavy atom. The minimum absolute atomic E-state index is 0. The molecule has 1 aliphatic heterocycles. The van der Waals surface area contributed by atoms with E-state index in [9.17, 15) is 0 Å². The summed E-state index contributed by atoms with van der Waals surface area (Å²) in [6.07, 6.45) is 28.6. The Morgan fingerprint density at radius 2 is 0.880 bits per heavy atom. The maximum Gasteiger partial charge on any atom is 0.159 e. The highest BCUT2D eigenvalue weighted by atomic mass is 15.1. The molecule has 0 saturated carbocycles. The number of hydrogen-bond donors (Lipinski definition) is 2. The zero-order valence-electron chi connectivity index (χ0n) is 69.1. The van der Waals surface area contributed by atoms with Crippen LogP contribution in [0.25, 0.3) is 71.1 Å². The lowest BCUT2D eigenvalue weighted by molar-refractivity contribution is 0.504. The molecule has 0 bridgehead atoms. The fraction of sp³-hybridized carbons (Fsp3) is 0.408. The fourth-order valence-corrected chi connectivity index (χ4v) is 11.8. The second kappa shape index (κ2) is 43.5. The highest BCUT2D eigenvalue weighted by molar-refractivity contribution is 5.83. The molecule has 10 heterocycles. The summed E-state index contributed by atoms with van der Waals surface area (Å²) in [5, 5.41) is 25.9. The number of aromatic nitrogens is 12. The Balaban J connectivity index is 0.000000662. The third kappa shape index (κ3) is 29.7. The van der Waals surface area contributed by atoms with Crippen LogP contribution in [0.3, 0.4) is 0 Å². The predicted molar refractivity (Wildman–Crippen MR) is 514 cm³/mol. The molecule has 14 aromatic rings. The number of hydrogen-bond acceptors (Lipinski definition) is 12. The Bertz CT molecular complexity index is 4830. The van der Waals surface area contributed by atoms with E-state index in [1.165, 1.54) is 55.4 Å². The van der Waals surface area contributed by atoms with Crippen molar-refractivity contribution in [2.24, 2.45) is 10.4 Å². The number of H-pyrrole nitrogens is 1. The first-order valence-electron chi connectivity index (χ1n) is 38.0. The zero-order chi connectivity index (χ0) is 79.3. The molecule has 0 spiro atoms. The van der Waals surface area contributed by atoms with Crippen LogP contribution in [-0.2, 0) is 37.9 Å². The number of benzene rings is 5. The van der Waals surface area contributed by atoms with Gasteiger partial charge in [0.1, 0.15) is 6.33 Å². The van der Waals surface area contributed by atoms with E-state index in [0.29, 0.717) is 12.1 Å². The Labute approximate surface area is 707 Å². The number of pyridine rings is 3. The summed E-state index contributed by atoms with van der Waals surface area (Å²) in [5.41, 5.74) is 19.3. The molecule has 9 aromatic heterocycles. The number of nitrogens with one attached hydrogen (secondary N) is 2. The highest BCUT2D eigenvalue weighted by Crippen LogP contribution is 2.33. The number of allylic oxidation sites excluding steroid dienone is 2. The van der Waals surface area contributed by atoms with Gasteiger partial charge in [0.15, 0.2) is 5.65 Å². The van der Waals surface area contributed by atoms with Gasteiger partial charge in [0, 0.05) is 92.5 Å². The van der Waals surface area contributed by atoms with Crippen LogP contribution in [0.5, 0.6) is 0 Å². The van der Waals surface area contributed by atoms with Crippen LogP contribution < -0.4 is 5.32 Å². The lowest BCUT2D eigenvalue weighted by Crippen LogP contribution is -2.31. The Morgan fingerprint density at radius 3 is 1.48 bits per heavy atom. The molecule has 16 rings (SSSR count). The minimum Gasteiger partial charge on any atom is -0.368 e.